The van der Waals surface area contributed by atoms with E-state index in [1.165, 1.54) is 0 Å². The smallest absolute Gasteiger partial charge is 0.326 e. The molecule has 0 bridgehead atoms. The number of carboxylic acids is 1. The predicted octanol–water partition coefficient (Wildman–Crippen LogP) is 1.41. The van der Waals surface area contributed by atoms with Gasteiger partial charge in [-0.25, -0.2) is 4.79 Å². The van der Waals surface area contributed by atoms with E-state index in [1.54, 1.807) is 44.3 Å². The number of rotatable bonds is 13. The number of aromatic amines is 1. The van der Waals surface area contributed by atoms with Gasteiger partial charge in [0.1, 0.15) is 18.1 Å². The molecule has 4 atom stereocenters. The van der Waals surface area contributed by atoms with Crippen molar-refractivity contribution in [2.45, 2.75) is 50.9 Å². The first-order valence-electron chi connectivity index (χ1n) is 12.7. The van der Waals surface area contributed by atoms with Crippen molar-refractivity contribution in [2.75, 3.05) is 5.75 Å². The third-order valence-corrected chi connectivity index (χ3v) is 6.80. The van der Waals surface area contributed by atoms with Crippen LogP contribution in [-0.4, -0.2) is 63.7 Å². The van der Waals surface area contributed by atoms with E-state index in [9.17, 15) is 24.3 Å². The van der Waals surface area contributed by atoms with Gasteiger partial charge in [-0.05, 0) is 23.1 Å². The topological polar surface area (TPSA) is 166 Å². The summed E-state index contributed by atoms with van der Waals surface area (Å²) in [5.41, 5.74) is 8.28. The molecular formula is C28H35N5O5S. The Morgan fingerprint density at radius 1 is 0.872 bits per heavy atom. The van der Waals surface area contributed by atoms with Crippen molar-refractivity contribution in [3.05, 3.63) is 71.9 Å². The lowest BCUT2D eigenvalue weighted by molar-refractivity contribution is -0.143. The fraction of sp³-hybridized carbons (Fsp3) is 0.357. The molecule has 208 valence electrons. The van der Waals surface area contributed by atoms with Crippen LogP contribution in [0.4, 0.5) is 0 Å². The van der Waals surface area contributed by atoms with Gasteiger partial charge in [-0.2, -0.15) is 12.6 Å². The molecule has 4 unspecified atom stereocenters. The van der Waals surface area contributed by atoms with Gasteiger partial charge >= 0.3 is 5.97 Å². The fourth-order valence-corrected chi connectivity index (χ4v) is 4.36. The summed E-state index contributed by atoms with van der Waals surface area (Å²) in [6, 6.07) is 12.4. The zero-order valence-electron chi connectivity index (χ0n) is 21.9. The van der Waals surface area contributed by atoms with Crippen molar-refractivity contribution in [2.24, 2.45) is 11.7 Å². The highest BCUT2D eigenvalue weighted by Crippen LogP contribution is 2.19. The van der Waals surface area contributed by atoms with Gasteiger partial charge < -0.3 is 31.8 Å². The number of para-hydroxylation sites is 1. The van der Waals surface area contributed by atoms with Crippen molar-refractivity contribution >= 4 is 47.2 Å². The van der Waals surface area contributed by atoms with E-state index in [4.69, 9.17) is 5.73 Å². The zero-order chi connectivity index (χ0) is 28.5. The summed E-state index contributed by atoms with van der Waals surface area (Å²) in [6.07, 6.45) is 2.01. The maximum absolute atomic E-state index is 13.6. The standard InChI is InChI=1S/C28H35N5O5S/c1-16(2)24(28(37)38)33-27(36)22(12-17-8-4-3-5-9-17)32-26(35)23(31-25(34)20(29)15-39)13-18-14-30-21-11-7-6-10-19(18)21/h3-11,14,16,20,22-24,30,39H,12-13,15,29H2,1-2H3,(H,31,34)(H,32,35)(H,33,36)(H,37,38). The van der Waals surface area contributed by atoms with Gasteiger partial charge in [0.05, 0.1) is 6.04 Å². The Labute approximate surface area is 232 Å². The number of H-pyrrole nitrogens is 1. The molecule has 1 aromatic heterocycles. The van der Waals surface area contributed by atoms with Crippen LogP contribution in [0.25, 0.3) is 10.9 Å². The number of carboxylic acid groups (broad SMARTS) is 1. The van der Waals surface area contributed by atoms with Crippen LogP contribution in [0.2, 0.25) is 0 Å². The summed E-state index contributed by atoms with van der Waals surface area (Å²) in [7, 11) is 0. The Morgan fingerprint density at radius 2 is 1.46 bits per heavy atom. The maximum atomic E-state index is 13.6. The van der Waals surface area contributed by atoms with Gasteiger partial charge in [0.15, 0.2) is 0 Å². The van der Waals surface area contributed by atoms with E-state index in [2.05, 4.69) is 33.6 Å². The van der Waals surface area contributed by atoms with Gasteiger partial charge in [-0.1, -0.05) is 62.4 Å². The molecule has 0 radical (unpaired) electrons. The summed E-state index contributed by atoms with van der Waals surface area (Å²) in [4.78, 5) is 54.4. The monoisotopic (exact) mass is 553 g/mol. The largest absolute Gasteiger partial charge is 0.480 e. The minimum absolute atomic E-state index is 0.0814. The number of nitrogens with one attached hydrogen (secondary N) is 4. The van der Waals surface area contributed by atoms with E-state index in [0.29, 0.717) is 0 Å². The van der Waals surface area contributed by atoms with E-state index in [0.717, 1.165) is 22.0 Å². The number of hydrogen-bond acceptors (Lipinski definition) is 6. The van der Waals surface area contributed by atoms with E-state index in [1.807, 2.05) is 30.3 Å². The quantitative estimate of drug-likeness (QED) is 0.158. The number of hydrogen-bond donors (Lipinski definition) is 7. The average Bonchev–Trinajstić information content (AvgIpc) is 3.33. The molecule has 10 nitrogen and oxygen atoms in total. The van der Waals surface area contributed by atoms with Crippen LogP contribution in [0, 0.1) is 5.92 Å². The third-order valence-electron chi connectivity index (χ3n) is 6.41. The Bertz CT molecular complexity index is 1300. The Kier molecular flexibility index (Phi) is 10.5. The van der Waals surface area contributed by atoms with Crippen LogP contribution >= 0.6 is 12.6 Å². The lowest BCUT2D eigenvalue weighted by atomic mass is 10.0. The molecule has 39 heavy (non-hydrogen) atoms. The molecule has 3 rings (SSSR count). The lowest BCUT2D eigenvalue weighted by Crippen LogP contribution is -2.58. The van der Waals surface area contributed by atoms with Crippen molar-refractivity contribution in [1.82, 2.24) is 20.9 Å². The number of aliphatic carboxylic acids is 1. The number of benzene rings is 2. The molecule has 0 fully saturated rings. The van der Waals surface area contributed by atoms with Crippen LogP contribution < -0.4 is 21.7 Å². The number of fused-ring (bicyclic) bond motifs is 1. The molecule has 11 heteroatoms. The number of thiol groups is 1. The molecule has 2 aromatic carbocycles. The molecule has 1 heterocycles. The second-order valence-corrected chi connectivity index (χ2v) is 10.1. The van der Waals surface area contributed by atoms with Crippen LogP contribution in [0.15, 0.2) is 60.8 Å². The third kappa shape index (κ3) is 8.08. The number of carbonyl (C=O) groups is 4. The SMILES string of the molecule is CC(C)C(NC(=O)C(Cc1ccccc1)NC(=O)C(Cc1c[nH]c2ccccc12)NC(=O)C(N)CS)C(=O)O. The Hall–Kier alpha value is -3.83. The number of carbonyl (C=O) groups excluding carboxylic acids is 3. The van der Waals surface area contributed by atoms with Crippen LogP contribution in [0.1, 0.15) is 25.0 Å². The lowest BCUT2D eigenvalue weighted by Gasteiger charge is -2.26. The Morgan fingerprint density at radius 3 is 2.10 bits per heavy atom. The summed E-state index contributed by atoms with van der Waals surface area (Å²) >= 11 is 4.08. The van der Waals surface area contributed by atoms with E-state index >= 15 is 0 Å². The van der Waals surface area contributed by atoms with Gasteiger partial charge in [-0.15, -0.1) is 0 Å². The van der Waals surface area contributed by atoms with E-state index in [-0.39, 0.29) is 24.5 Å². The minimum atomic E-state index is -1.17. The first kappa shape index (κ1) is 29.7. The molecule has 3 amide bonds. The maximum Gasteiger partial charge on any atom is 0.326 e. The molecule has 0 saturated carbocycles. The normalized spacial score (nSPS) is 14.3. The number of amides is 3. The van der Waals surface area contributed by atoms with Crippen molar-refractivity contribution in [3.63, 3.8) is 0 Å². The first-order chi connectivity index (χ1) is 18.6. The molecule has 0 aliphatic carbocycles. The van der Waals surface area contributed by atoms with Gasteiger partial charge in [0.2, 0.25) is 17.7 Å². The molecular weight excluding hydrogens is 518 g/mol. The molecule has 0 spiro atoms. The number of nitrogens with two attached hydrogens (primary N) is 1. The fourth-order valence-electron chi connectivity index (χ4n) is 4.19. The molecule has 0 aliphatic rings. The van der Waals surface area contributed by atoms with E-state index < -0.39 is 47.9 Å². The van der Waals surface area contributed by atoms with Gasteiger partial charge in [0.25, 0.3) is 0 Å². The highest BCUT2D eigenvalue weighted by molar-refractivity contribution is 7.80. The Balaban J connectivity index is 1.89. The van der Waals surface area contributed by atoms with Gasteiger partial charge in [0, 0.05) is 35.7 Å². The van der Waals surface area contributed by atoms with Crippen LogP contribution in [0.5, 0.6) is 0 Å². The summed E-state index contributed by atoms with van der Waals surface area (Å²) in [6.45, 7) is 3.36. The first-order valence-corrected chi connectivity index (χ1v) is 13.3. The molecule has 0 aliphatic heterocycles. The zero-order valence-corrected chi connectivity index (χ0v) is 22.8. The second kappa shape index (κ2) is 13.8. The second-order valence-electron chi connectivity index (χ2n) is 9.73. The molecule has 0 saturated heterocycles. The predicted molar refractivity (Wildman–Crippen MR) is 152 cm³/mol. The average molecular weight is 554 g/mol. The van der Waals surface area contributed by atoms with Crippen molar-refractivity contribution < 1.29 is 24.3 Å². The van der Waals surface area contributed by atoms with Crippen molar-refractivity contribution in [3.8, 4) is 0 Å². The minimum Gasteiger partial charge on any atom is -0.480 e. The van der Waals surface area contributed by atoms with Crippen LogP contribution in [0.3, 0.4) is 0 Å². The summed E-state index contributed by atoms with van der Waals surface area (Å²) in [5, 5.41) is 18.4. The molecule has 3 aromatic rings. The highest BCUT2D eigenvalue weighted by atomic mass is 32.1. The summed E-state index contributed by atoms with van der Waals surface area (Å²) < 4.78 is 0. The van der Waals surface area contributed by atoms with Crippen molar-refractivity contribution in [1.29, 1.82) is 0 Å². The highest BCUT2D eigenvalue weighted by Gasteiger charge is 2.32. The number of aromatic nitrogens is 1. The summed E-state index contributed by atoms with van der Waals surface area (Å²) in [5.74, 6) is -3.27. The van der Waals surface area contributed by atoms with Gasteiger partial charge in [-0.3, -0.25) is 14.4 Å². The van der Waals surface area contributed by atoms with Crippen LogP contribution in [-0.2, 0) is 32.0 Å². The molecule has 7 N–H and O–H groups in total.